The van der Waals surface area contributed by atoms with Gasteiger partial charge >= 0.3 is 0 Å². The Morgan fingerprint density at radius 2 is 1.97 bits per heavy atom. The molecule has 3 heterocycles. The van der Waals surface area contributed by atoms with Crippen LogP contribution in [0.3, 0.4) is 0 Å². The topological polar surface area (TPSA) is 81.4 Å². The molecule has 0 saturated heterocycles. The summed E-state index contributed by atoms with van der Waals surface area (Å²) >= 11 is 0. The summed E-state index contributed by atoms with van der Waals surface area (Å²) in [5.74, 6) is -0.320. The van der Waals surface area contributed by atoms with E-state index in [9.17, 15) is 14.0 Å². The summed E-state index contributed by atoms with van der Waals surface area (Å²) in [6, 6.07) is 3.45. The first-order chi connectivity index (χ1) is 17.4. The van der Waals surface area contributed by atoms with Crippen LogP contribution in [0.25, 0.3) is 22.3 Å². The van der Waals surface area contributed by atoms with E-state index in [0.717, 1.165) is 48.4 Å². The van der Waals surface area contributed by atoms with Crippen molar-refractivity contribution in [2.75, 3.05) is 14.2 Å². The number of nitrogens with zero attached hydrogens (tertiary/aromatic N) is 2. The smallest absolute Gasteiger partial charge is 0.257 e. The van der Waals surface area contributed by atoms with Crippen molar-refractivity contribution < 1.29 is 19.0 Å². The van der Waals surface area contributed by atoms with E-state index in [1.165, 1.54) is 11.6 Å². The van der Waals surface area contributed by atoms with E-state index in [1.54, 1.807) is 11.7 Å². The second-order valence-electron chi connectivity index (χ2n) is 9.09. The number of fused-ring (bicyclic) bond motifs is 4. The van der Waals surface area contributed by atoms with Gasteiger partial charge in [0, 0.05) is 42.7 Å². The van der Waals surface area contributed by atoms with Crippen molar-refractivity contribution in [3.05, 3.63) is 61.7 Å². The third-order valence-corrected chi connectivity index (χ3v) is 7.35. The molecule has 1 aliphatic carbocycles. The number of carbonyl (C=O) groups is 1. The van der Waals surface area contributed by atoms with E-state index < -0.39 is 0 Å². The van der Waals surface area contributed by atoms with Gasteiger partial charge in [-0.1, -0.05) is 27.7 Å². The van der Waals surface area contributed by atoms with Crippen molar-refractivity contribution >= 4 is 17.2 Å². The summed E-state index contributed by atoms with van der Waals surface area (Å²) in [7, 11) is 2.55. The Balaban J connectivity index is 0.000000861. The first kappa shape index (κ1) is 27.7. The summed E-state index contributed by atoms with van der Waals surface area (Å²) in [4.78, 5) is 30.2. The zero-order valence-electron chi connectivity index (χ0n) is 22.4. The molecule has 2 aliphatic rings. The van der Waals surface area contributed by atoms with E-state index in [2.05, 4.69) is 6.92 Å². The summed E-state index contributed by atoms with van der Waals surface area (Å²) in [6.45, 7) is 10.6. The van der Waals surface area contributed by atoms with Crippen molar-refractivity contribution in [1.82, 2.24) is 9.55 Å². The Bertz CT molecular complexity index is 1350. The van der Waals surface area contributed by atoms with E-state index in [1.807, 2.05) is 33.8 Å². The second kappa shape index (κ2) is 11.4. The highest BCUT2D eigenvalue weighted by atomic mass is 19.1. The van der Waals surface area contributed by atoms with Gasteiger partial charge in [-0.3, -0.25) is 4.79 Å². The van der Waals surface area contributed by atoms with Gasteiger partial charge in [-0.05, 0) is 60.4 Å². The molecule has 2 unspecified atom stereocenters. The monoisotopic (exact) mass is 496 g/mol. The maximum atomic E-state index is 14.7. The minimum atomic E-state index is -0.382. The molecule has 194 valence electrons. The number of rotatable bonds is 5. The van der Waals surface area contributed by atoms with Gasteiger partial charge in [-0.15, -0.1) is 0 Å². The van der Waals surface area contributed by atoms with Crippen molar-refractivity contribution in [3.63, 3.8) is 0 Å². The van der Waals surface area contributed by atoms with Crippen LogP contribution in [0.15, 0.2) is 16.9 Å². The molecule has 1 aliphatic heterocycles. The van der Waals surface area contributed by atoms with Gasteiger partial charge in [0.2, 0.25) is 0 Å². The Morgan fingerprint density at radius 3 is 2.58 bits per heavy atom. The lowest BCUT2D eigenvalue weighted by atomic mass is 9.79. The lowest BCUT2D eigenvalue weighted by molar-refractivity contribution is -0.109. The first-order valence-corrected chi connectivity index (χ1v) is 12.7. The maximum absolute atomic E-state index is 14.7. The quantitative estimate of drug-likeness (QED) is 0.374. The molecule has 0 bridgehead atoms. The van der Waals surface area contributed by atoms with Crippen LogP contribution in [0, 0.1) is 12.7 Å². The van der Waals surface area contributed by atoms with Gasteiger partial charge < -0.3 is 19.2 Å². The van der Waals surface area contributed by atoms with Gasteiger partial charge in [0.15, 0.2) is 0 Å². The fourth-order valence-corrected chi connectivity index (χ4v) is 5.60. The summed E-state index contributed by atoms with van der Waals surface area (Å²) < 4.78 is 21.8. The number of hydrogen-bond acceptors (Lipinski definition) is 5. The van der Waals surface area contributed by atoms with Crippen molar-refractivity contribution in [1.29, 1.82) is 0 Å². The fourth-order valence-electron chi connectivity index (χ4n) is 5.60. The maximum Gasteiger partial charge on any atom is 0.257 e. The number of halogens is 1. The average Bonchev–Trinajstić information content (AvgIpc) is 3.27. The standard InChI is InChI=1S/C26H27FN2O3.C2H6.CH4O/c1-5-15(11-30)17-8-22-25-18(10-29(22)26(31)19(17)12-32-4)23-13(2)6-7-16-14(3)20(27)9-21(28-25)24(16)23;2*1-2/h8-9,11,13,15H,5-7,10,12H2,1-4H3;1-2H3;2H,1H3. The number of methoxy groups -OCH3 is 1. The molecule has 0 amide bonds. The van der Waals surface area contributed by atoms with Crippen LogP contribution in [-0.4, -0.2) is 35.2 Å². The predicted molar refractivity (Wildman–Crippen MR) is 141 cm³/mol. The average molecular weight is 497 g/mol. The molecule has 0 radical (unpaired) electrons. The Kier molecular flexibility index (Phi) is 8.80. The highest BCUT2D eigenvalue weighted by Crippen LogP contribution is 2.45. The summed E-state index contributed by atoms with van der Waals surface area (Å²) in [5, 5.41) is 8.05. The van der Waals surface area contributed by atoms with Crippen LogP contribution >= 0.6 is 0 Å². The number of aldehydes is 1. The highest BCUT2D eigenvalue weighted by molar-refractivity contribution is 5.93. The number of aliphatic hydroxyl groups excluding tert-OH is 1. The molecule has 6 nitrogen and oxygen atoms in total. The lowest BCUT2D eigenvalue weighted by Gasteiger charge is -2.26. The van der Waals surface area contributed by atoms with Crippen molar-refractivity contribution in [2.24, 2.45) is 0 Å². The molecule has 36 heavy (non-hydrogen) atoms. The molecule has 0 fully saturated rings. The molecule has 1 N–H and O–H groups in total. The number of benzene rings is 1. The van der Waals surface area contributed by atoms with Crippen molar-refractivity contribution in [2.45, 2.75) is 78.9 Å². The van der Waals surface area contributed by atoms with Gasteiger partial charge in [0.05, 0.1) is 30.1 Å². The Morgan fingerprint density at radius 1 is 1.28 bits per heavy atom. The van der Waals surface area contributed by atoms with Crippen LogP contribution in [-0.2, 0) is 29.1 Å². The normalized spacial score (nSPS) is 15.8. The largest absolute Gasteiger partial charge is 0.400 e. The van der Waals surface area contributed by atoms with Crippen molar-refractivity contribution in [3.8, 4) is 11.4 Å². The van der Waals surface area contributed by atoms with Crippen LogP contribution in [0.4, 0.5) is 4.39 Å². The third-order valence-electron chi connectivity index (χ3n) is 7.35. The molecule has 2 atom stereocenters. The fraction of sp³-hybridized carbons (Fsp3) is 0.483. The molecule has 0 saturated carbocycles. The first-order valence-electron chi connectivity index (χ1n) is 12.7. The van der Waals surface area contributed by atoms with E-state index in [-0.39, 0.29) is 23.9 Å². The van der Waals surface area contributed by atoms with E-state index in [4.69, 9.17) is 14.8 Å². The molecule has 5 rings (SSSR count). The Hall–Kier alpha value is -2.90. The molecular formula is C29H37FN2O4. The number of aryl methyl sites for hydroxylation is 1. The summed E-state index contributed by atoms with van der Waals surface area (Å²) in [5.41, 5.74) is 7.15. The summed E-state index contributed by atoms with van der Waals surface area (Å²) in [6.07, 6.45) is 3.26. The van der Waals surface area contributed by atoms with Crippen LogP contribution in [0.1, 0.15) is 85.8 Å². The Labute approximate surface area is 212 Å². The molecule has 3 aromatic rings. The molecule has 1 aromatic carbocycles. The van der Waals surface area contributed by atoms with E-state index in [0.29, 0.717) is 46.8 Å². The zero-order valence-corrected chi connectivity index (χ0v) is 22.4. The number of pyridine rings is 2. The van der Waals surface area contributed by atoms with Gasteiger partial charge in [-0.25, -0.2) is 9.37 Å². The van der Waals surface area contributed by atoms with Crippen LogP contribution < -0.4 is 5.56 Å². The predicted octanol–water partition coefficient (Wildman–Crippen LogP) is 5.40. The molecular weight excluding hydrogens is 459 g/mol. The number of carbonyl (C=O) groups excluding carboxylic acids is 1. The molecule has 7 heteroatoms. The SMILES string of the molecule is CC.CCC(C=O)c1cc2n(c(=O)c1COC)Cc1c-2nc2cc(F)c(C)c3c2c1C(C)CC3.CO. The molecule has 2 aromatic heterocycles. The van der Waals surface area contributed by atoms with Gasteiger partial charge in [0.25, 0.3) is 5.56 Å². The number of hydrogen-bond donors (Lipinski definition) is 1. The third kappa shape index (κ3) is 4.28. The number of aliphatic hydroxyl groups is 1. The van der Waals surface area contributed by atoms with Crippen LogP contribution in [0.2, 0.25) is 0 Å². The van der Waals surface area contributed by atoms with Gasteiger partial charge in [0.1, 0.15) is 12.1 Å². The zero-order chi connectivity index (χ0) is 26.7. The van der Waals surface area contributed by atoms with E-state index >= 15 is 0 Å². The number of ether oxygens (including phenoxy) is 1. The minimum absolute atomic E-state index is 0.139. The van der Waals surface area contributed by atoms with Crippen LogP contribution in [0.5, 0.6) is 0 Å². The minimum Gasteiger partial charge on any atom is -0.400 e. The van der Waals surface area contributed by atoms with Gasteiger partial charge in [-0.2, -0.15) is 0 Å². The number of aromatic nitrogens is 2. The highest BCUT2D eigenvalue weighted by Gasteiger charge is 2.33. The lowest BCUT2D eigenvalue weighted by Crippen LogP contribution is -2.26. The second-order valence-corrected chi connectivity index (χ2v) is 9.09. The molecule has 0 spiro atoms.